The number of ether oxygens (including phenoxy) is 2. The Morgan fingerprint density at radius 3 is 2.88 bits per heavy atom. The molecule has 0 amide bonds. The van der Waals surface area contributed by atoms with E-state index >= 15 is 0 Å². The molecule has 1 rings (SSSR count). The van der Waals surface area contributed by atoms with Crippen LogP contribution in [0.3, 0.4) is 0 Å². The van der Waals surface area contributed by atoms with Crippen molar-refractivity contribution < 1.29 is 9.47 Å². The normalized spacial score (nSPS) is 19.8. The molecular formula is C13H25NO2. The van der Waals surface area contributed by atoms with Crippen LogP contribution in [0.2, 0.25) is 0 Å². The summed E-state index contributed by atoms with van der Waals surface area (Å²) in [6, 6.07) is 0.0787. The van der Waals surface area contributed by atoms with E-state index in [4.69, 9.17) is 15.2 Å². The maximum atomic E-state index is 6.12. The highest BCUT2D eigenvalue weighted by molar-refractivity contribution is 5.10. The first-order chi connectivity index (χ1) is 7.84. The Morgan fingerprint density at radius 1 is 1.25 bits per heavy atom. The molecule has 0 bridgehead atoms. The van der Waals surface area contributed by atoms with Gasteiger partial charge < -0.3 is 15.2 Å². The van der Waals surface area contributed by atoms with Gasteiger partial charge in [-0.05, 0) is 25.7 Å². The third kappa shape index (κ3) is 5.64. The highest BCUT2D eigenvalue weighted by Gasteiger charge is 2.10. The fraction of sp³-hybridized carbons (Fsp3) is 0.846. The smallest absolute Gasteiger partial charge is 0.0701 e. The zero-order valence-electron chi connectivity index (χ0n) is 10.4. The lowest BCUT2D eigenvalue weighted by Gasteiger charge is -2.18. The third-order valence-corrected chi connectivity index (χ3v) is 3.03. The molecule has 0 aliphatic heterocycles. The van der Waals surface area contributed by atoms with Crippen molar-refractivity contribution in [2.75, 3.05) is 26.9 Å². The molecule has 0 aromatic carbocycles. The average Bonchev–Trinajstić information content (AvgIpc) is 2.23. The van der Waals surface area contributed by atoms with E-state index in [1.165, 1.54) is 37.7 Å². The lowest BCUT2D eigenvalue weighted by atomic mass is 9.96. The molecule has 0 heterocycles. The van der Waals surface area contributed by atoms with Crippen molar-refractivity contribution >= 4 is 0 Å². The summed E-state index contributed by atoms with van der Waals surface area (Å²) in [6.45, 7) is 1.90. The quantitative estimate of drug-likeness (QED) is 0.559. The van der Waals surface area contributed by atoms with Gasteiger partial charge in [-0.1, -0.05) is 24.5 Å². The predicted molar refractivity (Wildman–Crippen MR) is 66.5 cm³/mol. The monoisotopic (exact) mass is 227 g/mol. The molecule has 0 saturated carbocycles. The minimum atomic E-state index is 0.0787. The molecule has 0 spiro atoms. The molecule has 0 fully saturated rings. The van der Waals surface area contributed by atoms with Crippen molar-refractivity contribution in [3.05, 3.63) is 11.6 Å². The van der Waals surface area contributed by atoms with Crippen molar-refractivity contribution in [2.45, 2.75) is 44.6 Å². The summed E-state index contributed by atoms with van der Waals surface area (Å²) in [5, 5.41) is 0. The van der Waals surface area contributed by atoms with Gasteiger partial charge in [0, 0.05) is 13.2 Å². The van der Waals surface area contributed by atoms with Crippen molar-refractivity contribution in [2.24, 2.45) is 5.73 Å². The molecule has 16 heavy (non-hydrogen) atoms. The molecule has 3 nitrogen and oxygen atoms in total. The van der Waals surface area contributed by atoms with Gasteiger partial charge in [0.2, 0.25) is 0 Å². The van der Waals surface area contributed by atoms with E-state index < -0.39 is 0 Å². The molecule has 1 aliphatic rings. The van der Waals surface area contributed by atoms with Crippen LogP contribution < -0.4 is 5.73 Å². The first-order valence-corrected chi connectivity index (χ1v) is 6.36. The second kappa shape index (κ2) is 8.74. The number of hydrogen-bond acceptors (Lipinski definition) is 3. The zero-order chi connectivity index (χ0) is 11.6. The van der Waals surface area contributed by atoms with Gasteiger partial charge >= 0.3 is 0 Å². The van der Waals surface area contributed by atoms with Crippen LogP contribution in [-0.4, -0.2) is 33.0 Å². The van der Waals surface area contributed by atoms with Gasteiger partial charge in [0.1, 0.15) is 0 Å². The summed E-state index contributed by atoms with van der Waals surface area (Å²) in [4.78, 5) is 0. The predicted octanol–water partition coefficient (Wildman–Crippen LogP) is 2.26. The van der Waals surface area contributed by atoms with Crippen molar-refractivity contribution in [1.29, 1.82) is 0 Å². The lowest BCUT2D eigenvalue weighted by molar-refractivity contribution is 0.0669. The third-order valence-electron chi connectivity index (χ3n) is 3.03. The van der Waals surface area contributed by atoms with Crippen LogP contribution in [0.4, 0.5) is 0 Å². The first kappa shape index (κ1) is 13.7. The van der Waals surface area contributed by atoms with Gasteiger partial charge in [-0.15, -0.1) is 0 Å². The Hall–Kier alpha value is -0.380. The van der Waals surface area contributed by atoms with Crippen molar-refractivity contribution in [3.63, 3.8) is 0 Å². The first-order valence-electron chi connectivity index (χ1n) is 6.36. The minimum absolute atomic E-state index is 0.0787. The number of hydrogen-bond donors (Lipinski definition) is 1. The van der Waals surface area contributed by atoms with Crippen LogP contribution in [0, 0.1) is 0 Å². The summed E-state index contributed by atoms with van der Waals surface area (Å²) >= 11 is 0. The van der Waals surface area contributed by atoms with Crippen LogP contribution in [0.15, 0.2) is 11.6 Å². The van der Waals surface area contributed by atoms with Crippen LogP contribution in [-0.2, 0) is 9.47 Å². The van der Waals surface area contributed by atoms with Crippen LogP contribution >= 0.6 is 0 Å². The molecule has 0 saturated heterocycles. The molecule has 2 N–H and O–H groups in total. The molecular weight excluding hydrogens is 202 g/mol. The lowest BCUT2D eigenvalue weighted by Crippen LogP contribution is -2.29. The van der Waals surface area contributed by atoms with E-state index in [0.29, 0.717) is 19.8 Å². The molecule has 1 unspecified atom stereocenters. The van der Waals surface area contributed by atoms with E-state index in [1.54, 1.807) is 7.11 Å². The summed E-state index contributed by atoms with van der Waals surface area (Å²) < 4.78 is 10.4. The van der Waals surface area contributed by atoms with E-state index in [1.807, 2.05) is 0 Å². The SMILES string of the molecule is COCCOCC(N)C1=CCCCCCC1. The maximum Gasteiger partial charge on any atom is 0.0701 e. The van der Waals surface area contributed by atoms with Gasteiger partial charge in [-0.3, -0.25) is 0 Å². The van der Waals surface area contributed by atoms with E-state index in [9.17, 15) is 0 Å². The number of allylic oxidation sites excluding steroid dienone is 1. The maximum absolute atomic E-state index is 6.12. The Balaban J connectivity index is 2.24. The Labute approximate surface area is 99.0 Å². The van der Waals surface area contributed by atoms with Gasteiger partial charge in [0.25, 0.3) is 0 Å². The number of methoxy groups -OCH3 is 1. The van der Waals surface area contributed by atoms with Crippen LogP contribution in [0.1, 0.15) is 38.5 Å². The average molecular weight is 227 g/mol. The highest BCUT2D eigenvalue weighted by Crippen LogP contribution is 2.18. The molecule has 1 atom stereocenters. The second-order valence-electron chi connectivity index (χ2n) is 4.41. The molecule has 0 radical (unpaired) electrons. The Bertz CT molecular complexity index is 204. The Morgan fingerprint density at radius 2 is 2.06 bits per heavy atom. The summed E-state index contributed by atoms with van der Waals surface area (Å²) in [7, 11) is 1.68. The van der Waals surface area contributed by atoms with E-state index in [2.05, 4.69) is 6.08 Å². The second-order valence-corrected chi connectivity index (χ2v) is 4.41. The number of rotatable bonds is 6. The fourth-order valence-electron chi connectivity index (χ4n) is 2.01. The van der Waals surface area contributed by atoms with E-state index in [0.717, 1.165) is 6.42 Å². The summed E-state index contributed by atoms with van der Waals surface area (Å²) in [5.74, 6) is 0. The largest absolute Gasteiger partial charge is 0.382 e. The van der Waals surface area contributed by atoms with Crippen molar-refractivity contribution in [3.8, 4) is 0 Å². The van der Waals surface area contributed by atoms with Crippen molar-refractivity contribution in [1.82, 2.24) is 0 Å². The topological polar surface area (TPSA) is 44.5 Å². The summed E-state index contributed by atoms with van der Waals surface area (Å²) in [6.07, 6.45) is 9.94. The van der Waals surface area contributed by atoms with E-state index in [-0.39, 0.29) is 6.04 Å². The van der Waals surface area contributed by atoms with Gasteiger partial charge in [0.15, 0.2) is 0 Å². The Kier molecular flexibility index (Phi) is 7.47. The molecule has 0 aromatic heterocycles. The van der Waals surface area contributed by atoms with Crippen LogP contribution in [0.25, 0.3) is 0 Å². The minimum Gasteiger partial charge on any atom is -0.382 e. The fourth-order valence-corrected chi connectivity index (χ4v) is 2.01. The molecule has 3 heteroatoms. The van der Waals surface area contributed by atoms with Crippen LogP contribution in [0.5, 0.6) is 0 Å². The molecule has 1 aliphatic carbocycles. The summed E-state index contributed by atoms with van der Waals surface area (Å²) in [5.41, 5.74) is 7.50. The van der Waals surface area contributed by atoms with Gasteiger partial charge in [-0.2, -0.15) is 0 Å². The molecule has 94 valence electrons. The molecule has 0 aromatic rings. The van der Waals surface area contributed by atoms with Gasteiger partial charge in [-0.25, -0.2) is 0 Å². The zero-order valence-corrected chi connectivity index (χ0v) is 10.4. The number of nitrogens with two attached hydrogens (primary N) is 1. The van der Waals surface area contributed by atoms with Gasteiger partial charge in [0.05, 0.1) is 19.8 Å². The standard InChI is InChI=1S/C13H25NO2/c1-15-9-10-16-11-13(14)12-7-5-3-2-4-6-8-12/h7,13H,2-6,8-11,14H2,1H3. The highest BCUT2D eigenvalue weighted by atomic mass is 16.5.